The van der Waals surface area contributed by atoms with Crippen molar-refractivity contribution in [2.75, 3.05) is 27.3 Å². The Morgan fingerprint density at radius 3 is 2.59 bits per heavy atom. The summed E-state index contributed by atoms with van der Waals surface area (Å²) in [4.78, 5) is 43.1. The van der Waals surface area contributed by atoms with E-state index in [1.54, 1.807) is 25.6 Å². The standard InChI is InChI=1S/C25H29N3O5S/c1-32-18-14-16-7-11-27(22(20-6-5-13-34-20)17(16)15-19(18)33-2)21(29)8-12-28-23(30)25(26-24(28)31)9-3-4-10-25/h5-6,13-15,22H,3-4,7-12H2,1-2H3,(H,26,31). The molecule has 0 bridgehead atoms. The van der Waals surface area contributed by atoms with Crippen LogP contribution >= 0.6 is 11.3 Å². The molecular formula is C25H29N3O5S. The number of thiophene rings is 1. The molecule has 1 N–H and O–H groups in total. The number of rotatable bonds is 6. The van der Waals surface area contributed by atoms with Gasteiger partial charge in [-0.25, -0.2) is 4.79 Å². The summed E-state index contributed by atoms with van der Waals surface area (Å²) in [5.74, 6) is 1.04. The van der Waals surface area contributed by atoms with Gasteiger partial charge in [0.25, 0.3) is 5.91 Å². The molecule has 2 aliphatic heterocycles. The average Bonchev–Trinajstić information content (AvgIpc) is 3.59. The zero-order valence-corrected chi connectivity index (χ0v) is 20.3. The summed E-state index contributed by atoms with van der Waals surface area (Å²) in [6, 6.07) is 7.33. The minimum Gasteiger partial charge on any atom is -0.493 e. The third-order valence-corrected chi connectivity index (χ3v) is 8.18. The minimum atomic E-state index is -0.751. The number of fused-ring (bicyclic) bond motifs is 1. The van der Waals surface area contributed by atoms with E-state index in [4.69, 9.17) is 9.47 Å². The molecule has 34 heavy (non-hydrogen) atoms. The van der Waals surface area contributed by atoms with E-state index in [1.165, 1.54) is 4.90 Å². The van der Waals surface area contributed by atoms with Crippen LogP contribution < -0.4 is 14.8 Å². The second kappa shape index (κ2) is 8.94. The first-order valence-corrected chi connectivity index (χ1v) is 12.6. The van der Waals surface area contributed by atoms with Gasteiger partial charge in [0.2, 0.25) is 5.91 Å². The largest absolute Gasteiger partial charge is 0.493 e. The number of urea groups is 1. The summed E-state index contributed by atoms with van der Waals surface area (Å²) in [5.41, 5.74) is 1.39. The monoisotopic (exact) mass is 483 g/mol. The predicted molar refractivity (Wildman–Crippen MR) is 127 cm³/mol. The van der Waals surface area contributed by atoms with Crippen LogP contribution in [0.5, 0.6) is 11.5 Å². The van der Waals surface area contributed by atoms with E-state index in [1.807, 2.05) is 34.5 Å². The highest BCUT2D eigenvalue weighted by Gasteiger charge is 2.52. The zero-order valence-electron chi connectivity index (χ0n) is 19.5. The average molecular weight is 484 g/mol. The van der Waals surface area contributed by atoms with Gasteiger partial charge in [-0.1, -0.05) is 18.9 Å². The molecule has 8 nitrogen and oxygen atoms in total. The van der Waals surface area contributed by atoms with Gasteiger partial charge < -0.3 is 19.7 Å². The molecule has 180 valence electrons. The number of carbonyl (C=O) groups excluding carboxylic acids is 3. The summed E-state index contributed by atoms with van der Waals surface area (Å²) in [6.07, 6.45) is 4.01. The predicted octanol–water partition coefficient (Wildman–Crippen LogP) is 3.49. The zero-order chi connectivity index (χ0) is 23.9. The molecule has 1 saturated carbocycles. The number of methoxy groups -OCH3 is 2. The third-order valence-electron chi connectivity index (χ3n) is 7.26. The smallest absolute Gasteiger partial charge is 0.325 e. The number of carbonyl (C=O) groups is 3. The first-order chi connectivity index (χ1) is 16.5. The molecule has 1 unspecified atom stereocenters. The van der Waals surface area contributed by atoms with E-state index in [9.17, 15) is 14.4 Å². The van der Waals surface area contributed by atoms with Crippen LogP contribution in [0.1, 0.15) is 54.1 Å². The molecule has 4 amide bonds. The lowest BCUT2D eigenvalue weighted by Crippen LogP contribution is -2.44. The molecule has 1 saturated heterocycles. The number of nitrogens with zero attached hydrogens (tertiary/aromatic N) is 2. The van der Waals surface area contributed by atoms with Crippen molar-refractivity contribution in [3.8, 4) is 11.5 Å². The SMILES string of the molecule is COc1cc2c(cc1OC)C(c1cccs1)N(C(=O)CCN1C(=O)NC3(CCCC3)C1=O)CC2. The van der Waals surface area contributed by atoms with Gasteiger partial charge >= 0.3 is 6.03 Å². The van der Waals surface area contributed by atoms with Crippen LogP contribution in [0.4, 0.5) is 4.79 Å². The second-order valence-corrected chi connectivity index (χ2v) is 10.1. The Balaban J connectivity index is 1.38. The maximum absolute atomic E-state index is 13.5. The molecule has 1 aliphatic carbocycles. The van der Waals surface area contributed by atoms with Gasteiger partial charge in [0.15, 0.2) is 11.5 Å². The molecule has 1 atom stereocenters. The van der Waals surface area contributed by atoms with Crippen molar-refractivity contribution in [3.63, 3.8) is 0 Å². The maximum Gasteiger partial charge on any atom is 0.325 e. The Kier molecular flexibility index (Phi) is 5.97. The molecule has 1 aromatic heterocycles. The summed E-state index contributed by atoms with van der Waals surface area (Å²) in [7, 11) is 3.22. The number of nitrogens with one attached hydrogen (secondary N) is 1. The van der Waals surface area contributed by atoms with E-state index in [0.29, 0.717) is 37.3 Å². The van der Waals surface area contributed by atoms with Crippen molar-refractivity contribution >= 4 is 29.2 Å². The van der Waals surface area contributed by atoms with Crippen molar-refractivity contribution in [1.29, 1.82) is 0 Å². The van der Waals surface area contributed by atoms with E-state index < -0.39 is 5.54 Å². The van der Waals surface area contributed by atoms with Crippen LogP contribution in [-0.4, -0.2) is 60.5 Å². The number of ether oxygens (including phenoxy) is 2. The quantitative estimate of drug-likeness (QED) is 0.636. The summed E-state index contributed by atoms with van der Waals surface area (Å²) in [5, 5.41) is 4.89. The lowest BCUT2D eigenvalue weighted by Gasteiger charge is -2.37. The molecule has 2 fully saturated rings. The van der Waals surface area contributed by atoms with Crippen molar-refractivity contribution in [3.05, 3.63) is 45.6 Å². The van der Waals surface area contributed by atoms with Crippen LogP contribution in [-0.2, 0) is 16.0 Å². The van der Waals surface area contributed by atoms with E-state index in [2.05, 4.69) is 5.32 Å². The Labute approximate surface area is 202 Å². The van der Waals surface area contributed by atoms with Crippen molar-refractivity contribution in [2.24, 2.45) is 0 Å². The highest BCUT2D eigenvalue weighted by atomic mass is 32.1. The van der Waals surface area contributed by atoms with E-state index in [-0.39, 0.29) is 36.9 Å². The molecule has 2 aromatic rings. The summed E-state index contributed by atoms with van der Waals surface area (Å²) in [6.45, 7) is 0.645. The fourth-order valence-corrected chi connectivity index (χ4v) is 6.37. The van der Waals surface area contributed by atoms with Gasteiger partial charge in [-0.2, -0.15) is 0 Å². The topological polar surface area (TPSA) is 88.2 Å². The van der Waals surface area contributed by atoms with Crippen molar-refractivity contribution in [1.82, 2.24) is 15.1 Å². The van der Waals surface area contributed by atoms with Crippen LogP contribution in [0.3, 0.4) is 0 Å². The molecule has 1 aromatic carbocycles. The fraction of sp³-hybridized carbons (Fsp3) is 0.480. The Morgan fingerprint density at radius 2 is 1.91 bits per heavy atom. The third kappa shape index (κ3) is 3.72. The Hall–Kier alpha value is -3.07. The lowest BCUT2D eigenvalue weighted by atomic mass is 9.90. The summed E-state index contributed by atoms with van der Waals surface area (Å²) < 4.78 is 11.0. The first-order valence-electron chi connectivity index (χ1n) is 11.7. The van der Waals surface area contributed by atoms with Crippen LogP contribution in [0, 0.1) is 0 Å². The number of hydrogen-bond acceptors (Lipinski definition) is 6. The molecule has 0 radical (unpaired) electrons. The molecule has 3 heterocycles. The normalized spacial score (nSPS) is 21.1. The number of benzene rings is 1. The van der Waals surface area contributed by atoms with E-state index >= 15 is 0 Å². The second-order valence-electron chi connectivity index (χ2n) is 9.09. The fourth-order valence-electron chi connectivity index (χ4n) is 5.52. The Bertz CT molecular complexity index is 1110. The Morgan fingerprint density at radius 1 is 1.18 bits per heavy atom. The number of amides is 4. The minimum absolute atomic E-state index is 0.0770. The molecule has 3 aliphatic rings. The van der Waals surface area contributed by atoms with Crippen molar-refractivity contribution < 1.29 is 23.9 Å². The van der Waals surface area contributed by atoms with Crippen LogP contribution in [0.2, 0.25) is 0 Å². The highest BCUT2D eigenvalue weighted by Crippen LogP contribution is 2.42. The van der Waals surface area contributed by atoms with Gasteiger partial charge in [-0.15, -0.1) is 11.3 Å². The molecule has 9 heteroatoms. The molecular weight excluding hydrogens is 454 g/mol. The molecule has 5 rings (SSSR count). The van der Waals surface area contributed by atoms with Gasteiger partial charge in [0.05, 0.1) is 20.3 Å². The van der Waals surface area contributed by atoms with Gasteiger partial charge in [-0.05, 0) is 54.0 Å². The molecule has 1 spiro atoms. The van der Waals surface area contributed by atoms with E-state index in [0.717, 1.165) is 28.8 Å². The van der Waals surface area contributed by atoms with Crippen LogP contribution in [0.15, 0.2) is 29.6 Å². The first kappa shape index (κ1) is 22.7. The number of imide groups is 1. The van der Waals surface area contributed by atoms with Gasteiger partial charge in [0.1, 0.15) is 5.54 Å². The lowest BCUT2D eigenvalue weighted by molar-refractivity contribution is -0.135. The summed E-state index contributed by atoms with van der Waals surface area (Å²) >= 11 is 1.60. The van der Waals surface area contributed by atoms with Gasteiger partial charge in [0, 0.05) is 24.4 Å². The highest BCUT2D eigenvalue weighted by molar-refractivity contribution is 7.10. The number of hydrogen-bond donors (Lipinski definition) is 1. The van der Waals surface area contributed by atoms with Gasteiger partial charge in [-0.3, -0.25) is 14.5 Å². The van der Waals surface area contributed by atoms with Crippen molar-refractivity contribution in [2.45, 2.75) is 50.1 Å². The van der Waals surface area contributed by atoms with Crippen LogP contribution in [0.25, 0.3) is 0 Å². The maximum atomic E-state index is 13.5.